The predicted octanol–water partition coefficient (Wildman–Crippen LogP) is 2.96. The Morgan fingerprint density at radius 2 is 1.90 bits per heavy atom. The Bertz CT molecular complexity index is 1010. The van der Waals surface area contributed by atoms with E-state index in [-0.39, 0.29) is 19.0 Å². The molecule has 3 rings (SSSR count). The molecule has 1 aromatic carbocycles. The molecule has 29 heavy (non-hydrogen) atoms. The Labute approximate surface area is 168 Å². The Balaban J connectivity index is 1.58. The van der Waals surface area contributed by atoms with Crippen LogP contribution in [0.2, 0.25) is 0 Å². The lowest BCUT2D eigenvalue weighted by atomic mass is 10.2. The number of carbonyl (C=O) groups is 2. The number of nitrogens with one attached hydrogen (secondary N) is 4. The first-order chi connectivity index (χ1) is 13.8. The van der Waals surface area contributed by atoms with E-state index in [9.17, 15) is 9.59 Å². The molecular formula is C20H24N6O3. The van der Waals surface area contributed by atoms with Crippen molar-refractivity contribution in [3.63, 3.8) is 0 Å². The predicted molar refractivity (Wildman–Crippen MR) is 110 cm³/mol. The van der Waals surface area contributed by atoms with E-state index in [4.69, 9.17) is 4.74 Å². The normalized spacial score (nSPS) is 11.1. The van der Waals surface area contributed by atoms with Gasteiger partial charge in [-0.15, -0.1) is 0 Å². The zero-order chi connectivity index (χ0) is 20.9. The van der Waals surface area contributed by atoms with Crippen LogP contribution in [0.15, 0.2) is 42.9 Å². The Morgan fingerprint density at radius 1 is 1.10 bits per heavy atom. The Hall–Kier alpha value is -3.62. The molecule has 0 bridgehead atoms. The molecule has 0 aliphatic heterocycles. The van der Waals surface area contributed by atoms with Gasteiger partial charge in [0.1, 0.15) is 5.60 Å². The number of fused-ring (bicyclic) bond motifs is 1. The highest BCUT2D eigenvalue weighted by Gasteiger charge is 2.16. The van der Waals surface area contributed by atoms with E-state index < -0.39 is 11.7 Å². The van der Waals surface area contributed by atoms with Gasteiger partial charge in [-0.25, -0.2) is 4.79 Å². The molecule has 0 fully saturated rings. The summed E-state index contributed by atoms with van der Waals surface area (Å²) in [7, 11) is 0. The fourth-order valence-electron chi connectivity index (χ4n) is 2.61. The summed E-state index contributed by atoms with van der Waals surface area (Å²) in [6.07, 6.45) is 4.32. The van der Waals surface area contributed by atoms with Crippen molar-refractivity contribution in [2.75, 3.05) is 18.4 Å². The quantitative estimate of drug-likeness (QED) is 0.475. The summed E-state index contributed by atoms with van der Waals surface area (Å²) in [6, 6.07) is 7.47. The molecule has 0 atom stereocenters. The van der Waals surface area contributed by atoms with Gasteiger partial charge < -0.3 is 20.7 Å². The lowest BCUT2D eigenvalue weighted by Gasteiger charge is -2.19. The van der Waals surface area contributed by atoms with Gasteiger partial charge in [-0.1, -0.05) is 0 Å². The molecule has 2 heterocycles. The van der Waals surface area contributed by atoms with Crippen LogP contribution >= 0.6 is 0 Å². The first-order valence-corrected chi connectivity index (χ1v) is 9.21. The summed E-state index contributed by atoms with van der Waals surface area (Å²) in [4.78, 5) is 28.2. The van der Waals surface area contributed by atoms with Crippen molar-refractivity contribution in [1.82, 2.24) is 25.8 Å². The monoisotopic (exact) mass is 396 g/mol. The maximum Gasteiger partial charge on any atom is 0.407 e. The average Bonchev–Trinajstić information content (AvgIpc) is 3.12. The summed E-state index contributed by atoms with van der Waals surface area (Å²) in [5.41, 5.74) is 2.22. The molecule has 152 valence electrons. The van der Waals surface area contributed by atoms with E-state index in [2.05, 4.69) is 31.1 Å². The third-order valence-corrected chi connectivity index (χ3v) is 3.86. The van der Waals surface area contributed by atoms with E-state index in [1.54, 1.807) is 39.2 Å². The number of benzene rings is 1. The van der Waals surface area contributed by atoms with Gasteiger partial charge in [-0.3, -0.25) is 14.9 Å². The van der Waals surface area contributed by atoms with Gasteiger partial charge in [0, 0.05) is 36.6 Å². The largest absolute Gasteiger partial charge is 0.444 e. The molecular weight excluding hydrogens is 372 g/mol. The van der Waals surface area contributed by atoms with Gasteiger partial charge in [0.15, 0.2) is 0 Å². The molecule has 0 unspecified atom stereocenters. The first-order valence-electron chi connectivity index (χ1n) is 9.21. The van der Waals surface area contributed by atoms with Crippen LogP contribution < -0.4 is 16.0 Å². The smallest absolute Gasteiger partial charge is 0.407 e. The van der Waals surface area contributed by atoms with Crippen molar-refractivity contribution in [2.45, 2.75) is 26.4 Å². The van der Waals surface area contributed by atoms with Crippen molar-refractivity contribution in [2.24, 2.45) is 0 Å². The number of aromatic nitrogens is 3. The van der Waals surface area contributed by atoms with Crippen LogP contribution in [-0.2, 0) is 4.74 Å². The number of amides is 2. The number of aromatic amines is 1. The van der Waals surface area contributed by atoms with Crippen LogP contribution in [0.4, 0.5) is 16.2 Å². The third-order valence-electron chi connectivity index (χ3n) is 3.86. The maximum absolute atomic E-state index is 12.6. The number of H-pyrrole nitrogens is 1. The van der Waals surface area contributed by atoms with Gasteiger partial charge in [-0.05, 0) is 45.0 Å². The molecule has 0 spiro atoms. The SMILES string of the molecule is CC(C)(C)OC(=O)NCCNC(=O)c1cnccc1Nc1ccc2[nH]ncc2c1. The first kappa shape index (κ1) is 20.1. The molecule has 0 aliphatic carbocycles. The second-order valence-electron chi connectivity index (χ2n) is 7.40. The number of hydrogen-bond donors (Lipinski definition) is 4. The van der Waals surface area contributed by atoms with E-state index >= 15 is 0 Å². The van der Waals surface area contributed by atoms with Crippen LogP contribution in [0.5, 0.6) is 0 Å². The molecule has 2 aromatic heterocycles. The highest BCUT2D eigenvalue weighted by Crippen LogP contribution is 2.23. The Morgan fingerprint density at radius 3 is 2.69 bits per heavy atom. The Kier molecular flexibility index (Phi) is 5.96. The van der Waals surface area contributed by atoms with Crippen molar-refractivity contribution in [1.29, 1.82) is 0 Å². The van der Waals surface area contributed by atoms with Gasteiger partial charge in [0.25, 0.3) is 5.91 Å². The van der Waals surface area contributed by atoms with Crippen LogP contribution in [0, 0.1) is 0 Å². The van der Waals surface area contributed by atoms with E-state index in [1.807, 2.05) is 18.2 Å². The highest BCUT2D eigenvalue weighted by molar-refractivity contribution is 6.00. The molecule has 3 aromatic rings. The molecule has 9 heteroatoms. The van der Waals surface area contributed by atoms with E-state index in [1.165, 1.54) is 6.20 Å². The van der Waals surface area contributed by atoms with Gasteiger partial charge >= 0.3 is 6.09 Å². The number of pyridine rings is 1. The zero-order valence-corrected chi connectivity index (χ0v) is 16.6. The molecule has 0 radical (unpaired) electrons. The summed E-state index contributed by atoms with van der Waals surface area (Å²) in [6.45, 7) is 5.87. The average molecular weight is 396 g/mol. The fraction of sp³-hybridized carbons (Fsp3) is 0.300. The van der Waals surface area contributed by atoms with E-state index in [0.29, 0.717) is 11.3 Å². The number of rotatable bonds is 6. The lowest BCUT2D eigenvalue weighted by molar-refractivity contribution is 0.0526. The standard InChI is InChI=1S/C20H24N6O3/c1-20(2,3)29-19(28)23-9-8-22-18(27)15-12-21-7-6-17(15)25-14-4-5-16-13(10-14)11-24-26-16/h4-7,10-12H,8-9H2,1-3H3,(H,21,25)(H,22,27)(H,23,28)(H,24,26). The van der Waals surface area contributed by atoms with Crippen molar-refractivity contribution < 1.29 is 14.3 Å². The van der Waals surface area contributed by atoms with Gasteiger partial charge in [0.05, 0.1) is 23.0 Å². The minimum absolute atomic E-state index is 0.251. The number of anilines is 2. The zero-order valence-electron chi connectivity index (χ0n) is 16.6. The molecule has 2 amide bonds. The number of ether oxygens (including phenoxy) is 1. The fourth-order valence-corrected chi connectivity index (χ4v) is 2.61. The summed E-state index contributed by atoms with van der Waals surface area (Å²) >= 11 is 0. The highest BCUT2D eigenvalue weighted by atomic mass is 16.6. The van der Waals surface area contributed by atoms with Crippen molar-refractivity contribution >= 4 is 34.3 Å². The topological polar surface area (TPSA) is 121 Å². The van der Waals surface area contributed by atoms with Gasteiger partial charge in [-0.2, -0.15) is 5.10 Å². The minimum Gasteiger partial charge on any atom is -0.444 e. The van der Waals surface area contributed by atoms with Crippen LogP contribution in [0.1, 0.15) is 31.1 Å². The molecule has 0 saturated carbocycles. The van der Waals surface area contributed by atoms with Crippen LogP contribution in [-0.4, -0.2) is 45.9 Å². The van der Waals surface area contributed by atoms with Gasteiger partial charge in [0.2, 0.25) is 0 Å². The summed E-state index contributed by atoms with van der Waals surface area (Å²) < 4.78 is 5.15. The lowest BCUT2D eigenvalue weighted by Crippen LogP contribution is -2.38. The number of carbonyl (C=O) groups excluding carboxylic acids is 2. The van der Waals surface area contributed by atoms with Crippen LogP contribution in [0.3, 0.4) is 0 Å². The number of alkyl carbamates (subject to hydrolysis) is 1. The van der Waals surface area contributed by atoms with E-state index in [0.717, 1.165) is 16.6 Å². The minimum atomic E-state index is -0.566. The second kappa shape index (κ2) is 8.59. The number of hydrogen-bond acceptors (Lipinski definition) is 6. The molecule has 9 nitrogen and oxygen atoms in total. The number of nitrogens with zero attached hydrogens (tertiary/aromatic N) is 2. The summed E-state index contributed by atoms with van der Waals surface area (Å²) in [5.74, 6) is -0.295. The van der Waals surface area contributed by atoms with Crippen molar-refractivity contribution in [3.05, 3.63) is 48.4 Å². The van der Waals surface area contributed by atoms with Crippen molar-refractivity contribution in [3.8, 4) is 0 Å². The molecule has 0 saturated heterocycles. The molecule has 0 aliphatic rings. The second-order valence-corrected chi connectivity index (χ2v) is 7.40. The third kappa shape index (κ3) is 5.68. The summed E-state index contributed by atoms with van der Waals surface area (Å²) in [5, 5.41) is 16.5. The maximum atomic E-state index is 12.6. The molecule has 4 N–H and O–H groups in total. The van der Waals surface area contributed by atoms with Crippen LogP contribution in [0.25, 0.3) is 10.9 Å².